The number of carbonyl (C=O) groups is 1. The van der Waals surface area contributed by atoms with E-state index in [1.807, 2.05) is 6.92 Å². The molecule has 1 aromatic rings. The summed E-state index contributed by atoms with van der Waals surface area (Å²) in [5.41, 5.74) is 5.67. The van der Waals surface area contributed by atoms with Crippen LogP contribution in [-0.4, -0.2) is 55.8 Å². The quantitative estimate of drug-likeness (QED) is 0.823. The summed E-state index contributed by atoms with van der Waals surface area (Å²) in [5.74, 6) is -0.468. The molecule has 0 saturated carbocycles. The minimum atomic E-state index is -3.67. The molecule has 9 heteroatoms. The van der Waals surface area contributed by atoms with Crippen LogP contribution >= 0.6 is 12.4 Å². The van der Waals surface area contributed by atoms with Gasteiger partial charge in [-0.15, -0.1) is 12.4 Å². The number of benzene rings is 1. The molecule has 1 aliphatic rings. The zero-order valence-electron chi connectivity index (χ0n) is 14.2. The third kappa shape index (κ3) is 5.91. The summed E-state index contributed by atoms with van der Waals surface area (Å²) in [5, 5.41) is 0. The summed E-state index contributed by atoms with van der Waals surface area (Å²) >= 11 is 0. The Balaban J connectivity index is 0.00000312. The fraction of sp³-hybridized carbons (Fsp3) is 0.562. The Labute approximate surface area is 154 Å². The number of nitrogens with two attached hydrogens (primary N) is 1. The monoisotopic (exact) mass is 393 g/mol. The van der Waals surface area contributed by atoms with Gasteiger partial charge in [-0.1, -0.05) is 0 Å². The summed E-state index contributed by atoms with van der Waals surface area (Å²) in [6.45, 7) is 3.33. The van der Waals surface area contributed by atoms with Crippen LogP contribution in [0, 0.1) is 5.82 Å². The number of halogens is 2. The van der Waals surface area contributed by atoms with Gasteiger partial charge in [0.2, 0.25) is 15.9 Å². The lowest BCUT2D eigenvalue weighted by atomic mass is 10.2. The van der Waals surface area contributed by atoms with Crippen molar-refractivity contribution in [2.45, 2.75) is 37.1 Å². The van der Waals surface area contributed by atoms with Crippen LogP contribution in [0.25, 0.3) is 0 Å². The molecule has 0 bridgehead atoms. The van der Waals surface area contributed by atoms with E-state index in [0.717, 1.165) is 12.1 Å². The van der Waals surface area contributed by atoms with E-state index in [2.05, 4.69) is 0 Å². The van der Waals surface area contributed by atoms with Crippen LogP contribution in [0.2, 0.25) is 0 Å². The largest absolute Gasteiger partial charge is 0.341 e. The average molecular weight is 394 g/mol. The molecule has 0 aromatic heterocycles. The van der Waals surface area contributed by atoms with E-state index < -0.39 is 15.8 Å². The molecule has 0 radical (unpaired) electrons. The molecule has 1 saturated heterocycles. The van der Waals surface area contributed by atoms with E-state index in [-0.39, 0.29) is 35.8 Å². The van der Waals surface area contributed by atoms with Crippen molar-refractivity contribution in [1.29, 1.82) is 0 Å². The lowest BCUT2D eigenvalue weighted by Gasteiger charge is -2.22. The van der Waals surface area contributed by atoms with Gasteiger partial charge in [-0.05, 0) is 44.0 Å². The number of nitrogens with zero attached hydrogens (tertiary/aromatic N) is 2. The summed E-state index contributed by atoms with van der Waals surface area (Å²) in [6.07, 6.45) is 1.57. The van der Waals surface area contributed by atoms with Crippen molar-refractivity contribution < 1.29 is 17.6 Å². The Morgan fingerprint density at radius 1 is 1.20 bits per heavy atom. The second kappa shape index (κ2) is 9.47. The highest BCUT2D eigenvalue weighted by atomic mass is 35.5. The highest BCUT2D eigenvalue weighted by Crippen LogP contribution is 2.18. The van der Waals surface area contributed by atoms with E-state index in [4.69, 9.17) is 5.73 Å². The Morgan fingerprint density at radius 3 is 2.44 bits per heavy atom. The SMILES string of the molecule is CC(N)CCC(=O)N1CCCN(S(=O)(=O)c2ccc(F)cc2)CC1.Cl. The van der Waals surface area contributed by atoms with Gasteiger partial charge in [0.05, 0.1) is 4.90 Å². The van der Waals surface area contributed by atoms with Crippen LogP contribution in [0.5, 0.6) is 0 Å². The van der Waals surface area contributed by atoms with Crippen LogP contribution in [-0.2, 0) is 14.8 Å². The molecule has 6 nitrogen and oxygen atoms in total. The molecule has 1 unspecified atom stereocenters. The predicted molar refractivity (Wildman–Crippen MR) is 96.5 cm³/mol. The number of hydrogen-bond donors (Lipinski definition) is 1. The Morgan fingerprint density at radius 2 is 1.84 bits per heavy atom. The first-order valence-electron chi connectivity index (χ1n) is 8.10. The predicted octanol–water partition coefficient (Wildman–Crippen LogP) is 1.60. The fourth-order valence-corrected chi connectivity index (χ4v) is 4.12. The van der Waals surface area contributed by atoms with Gasteiger partial charge < -0.3 is 10.6 Å². The minimum Gasteiger partial charge on any atom is -0.341 e. The van der Waals surface area contributed by atoms with Crippen LogP contribution < -0.4 is 5.73 Å². The van der Waals surface area contributed by atoms with Gasteiger partial charge in [0.25, 0.3) is 0 Å². The first-order valence-corrected chi connectivity index (χ1v) is 9.54. The van der Waals surface area contributed by atoms with Gasteiger partial charge in [-0.2, -0.15) is 4.31 Å². The van der Waals surface area contributed by atoms with Crippen molar-refractivity contribution in [1.82, 2.24) is 9.21 Å². The number of amides is 1. The Hall–Kier alpha value is -1.22. The van der Waals surface area contributed by atoms with Crippen LogP contribution in [0.3, 0.4) is 0 Å². The Bertz CT molecular complexity index is 668. The zero-order chi connectivity index (χ0) is 17.7. The third-order valence-electron chi connectivity index (χ3n) is 4.07. The maximum absolute atomic E-state index is 13.0. The molecule has 2 N–H and O–H groups in total. The second-order valence-electron chi connectivity index (χ2n) is 6.11. The summed E-state index contributed by atoms with van der Waals surface area (Å²) in [4.78, 5) is 13.9. The standard InChI is InChI=1S/C16H24FN3O3S.ClH/c1-13(18)3-8-16(21)19-9-2-10-20(12-11-19)24(22,23)15-6-4-14(17)5-7-15;/h4-7,13H,2-3,8-12,18H2,1H3;1H. The highest BCUT2D eigenvalue weighted by Gasteiger charge is 2.28. The second-order valence-corrected chi connectivity index (χ2v) is 8.05. The highest BCUT2D eigenvalue weighted by molar-refractivity contribution is 7.89. The number of sulfonamides is 1. The normalized spacial score (nSPS) is 17.5. The molecule has 25 heavy (non-hydrogen) atoms. The summed E-state index contributed by atoms with van der Waals surface area (Å²) < 4.78 is 39.6. The summed E-state index contributed by atoms with van der Waals surface area (Å²) in [7, 11) is -3.67. The molecule has 1 fully saturated rings. The third-order valence-corrected chi connectivity index (χ3v) is 5.99. The molecule has 1 heterocycles. The molecule has 0 aliphatic carbocycles. The number of rotatable bonds is 5. The zero-order valence-corrected chi connectivity index (χ0v) is 15.9. The van der Waals surface area contributed by atoms with Crippen LogP contribution in [0.4, 0.5) is 4.39 Å². The Kier molecular flexibility index (Phi) is 8.27. The van der Waals surface area contributed by atoms with Gasteiger partial charge in [-0.3, -0.25) is 4.79 Å². The van der Waals surface area contributed by atoms with Crippen LogP contribution in [0.15, 0.2) is 29.2 Å². The number of carbonyl (C=O) groups excluding carboxylic acids is 1. The molecule has 1 aromatic carbocycles. The fourth-order valence-electron chi connectivity index (χ4n) is 2.65. The van der Waals surface area contributed by atoms with Gasteiger partial charge in [-0.25, -0.2) is 12.8 Å². The summed E-state index contributed by atoms with van der Waals surface area (Å²) in [6, 6.07) is 4.77. The van der Waals surface area contributed by atoms with E-state index in [1.54, 1.807) is 4.90 Å². The van der Waals surface area contributed by atoms with Crippen molar-refractivity contribution in [2.75, 3.05) is 26.2 Å². The lowest BCUT2D eigenvalue weighted by molar-refractivity contribution is -0.131. The maximum Gasteiger partial charge on any atom is 0.243 e. The van der Waals surface area contributed by atoms with Gasteiger partial charge in [0.1, 0.15) is 5.82 Å². The van der Waals surface area contributed by atoms with Crippen molar-refractivity contribution in [3.8, 4) is 0 Å². The van der Waals surface area contributed by atoms with Gasteiger partial charge >= 0.3 is 0 Å². The van der Waals surface area contributed by atoms with Crippen molar-refractivity contribution >= 4 is 28.3 Å². The first-order chi connectivity index (χ1) is 11.3. The molecular weight excluding hydrogens is 369 g/mol. The van der Waals surface area contributed by atoms with Crippen LogP contribution in [0.1, 0.15) is 26.2 Å². The maximum atomic E-state index is 13.0. The molecule has 0 spiro atoms. The van der Waals surface area contributed by atoms with E-state index in [9.17, 15) is 17.6 Å². The molecule has 1 amide bonds. The smallest absolute Gasteiger partial charge is 0.243 e. The topological polar surface area (TPSA) is 83.7 Å². The first kappa shape index (κ1) is 21.8. The minimum absolute atomic E-state index is 0. The van der Waals surface area contributed by atoms with Crippen molar-refractivity contribution in [3.05, 3.63) is 30.1 Å². The van der Waals surface area contributed by atoms with Crippen molar-refractivity contribution in [3.63, 3.8) is 0 Å². The average Bonchev–Trinajstić information content (AvgIpc) is 2.79. The van der Waals surface area contributed by atoms with E-state index in [1.165, 1.54) is 16.4 Å². The van der Waals surface area contributed by atoms with Gasteiger partial charge in [0, 0.05) is 38.6 Å². The molecule has 1 atom stereocenters. The molecule has 142 valence electrons. The number of hydrogen-bond acceptors (Lipinski definition) is 4. The molecule has 2 rings (SSSR count). The van der Waals surface area contributed by atoms with E-state index >= 15 is 0 Å². The molecular formula is C16H25ClFN3O3S. The molecule has 1 aliphatic heterocycles. The van der Waals surface area contributed by atoms with Gasteiger partial charge in [0.15, 0.2) is 0 Å². The van der Waals surface area contributed by atoms with E-state index in [0.29, 0.717) is 38.9 Å². The lowest BCUT2D eigenvalue weighted by Crippen LogP contribution is -2.37. The van der Waals surface area contributed by atoms with Crippen molar-refractivity contribution in [2.24, 2.45) is 5.73 Å².